The summed E-state index contributed by atoms with van der Waals surface area (Å²) in [5.41, 5.74) is 2.02. The van der Waals surface area contributed by atoms with E-state index >= 15 is 0 Å². The fourth-order valence-electron chi connectivity index (χ4n) is 3.90. The number of carbonyl (C=O) groups excluding carboxylic acids is 1. The van der Waals surface area contributed by atoms with Gasteiger partial charge in [-0.3, -0.25) is 9.59 Å². The molecule has 10 heteroatoms. The number of carbonyl (C=O) groups is 1. The summed E-state index contributed by atoms with van der Waals surface area (Å²) in [5, 5.41) is 6.24. The van der Waals surface area contributed by atoms with Crippen LogP contribution in [0.4, 0.5) is 11.6 Å². The monoisotopic (exact) mass is 452 g/mol. The molecule has 0 saturated carbocycles. The minimum atomic E-state index is -0.259. The zero-order valence-electron chi connectivity index (χ0n) is 19.2. The van der Waals surface area contributed by atoms with Gasteiger partial charge in [-0.05, 0) is 51.2 Å². The van der Waals surface area contributed by atoms with Crippen molar-refractivity contribution in [3.05, 3.63) is 46.4 Å². The molecule has 0 aliphatic carbocycles. The van der Waals surface area contributed by atoms with E-state index in [-0.39, 0.29) is 23.3 Å². The molecule has 2 aromatic heterocycles. The number of rotatable bonds is 6. The molecule has 0 spiro atoms. The Hall–Kier alpha value is -3.66. The Kier molecular flexibility index (Phi) is 6.45. The quantitative estimate of drug-likeness (QED) is 0.584. The van der Waals surface area contributed by atoms with E-state index in [4.69, 9.17) is 9.47 Å². The third-order valence-electron chi connectivity index (χ3n) is 5.93. The highest BCUT2D eigenvalue weighted by atomic mass is 16.5. The molecular weight excluding hydrogens is 424 g/mol. The zero-order chi connectivity index (χ0) is 23.5. The molecule has 1 amide bonds. The van der Waals surface area contributed by atoms with Crippen LogP contribution in [-0.2, 0) is 7.05 Å². The Balaban J connectivity index is 1.54. The highest BCUT2D eigenvalue weighted by Gasteiger charge is 2.20. The van der Waals surface area contributed by atoms with Gasteiger partial charge in [-0.15, -0.1) is 0 Å². The van der Waals surface area contributed by atoms with Crippen LogP contribution >= 0.6 is 0 Å². The van der Waals surface area contributed by atoms with Crippen molar-refractivity contribution < 1.29 is 14.3 Å². The summed E-state index contributed by atoms with van der Waals surface area (Å²) in [6.07, 6.45) is 3.45. The fourth-order valence-corrected chi connectivity index (χ4v) is 3.90. The van der Waals surface area contributed by atoms with Crippen molar-refractivity contribution in [3.63, 3.8) is 0 Å². The molecule has 10 nitrogen and oxygen atoms in total. The maximum Gasteiger partial charge on any atom is 0.293 e. The number of nitrogens with one attached hydrogen (secondary N) is 2. The van der Waals surface area contributed by atoms with Gasteiger partial charge in [-0.25, -0.2) is 9.97 Å². The predicted molar refractivity (Wildman–Crippen MR) is 126 cm³/mol. The van der Waals surface area contributed by atoms with Crippen molar-refractivity contribution in [2.24, 2.45) is 7.05 Å². The van der Waals surface area contributed by atoms with Crippen LogP contribution < -0.4 is 25.7 Å². The molecule has 0 bridgehead atoms. The van der Waals surface area contributed by atoms with Gasteiger partial charge in [-0.2, -0.15) is 0 Å². The minimum absolute atomic E-state index is 0.121. The number of hydrogen-bond donors (Lipinski definition) is 2. The van der Waals surface area contributed by atoms with Crippen LogP contribution in [0.5, 0.6) is 11.5 Å². The van der Waals surface area contributed by atoms with E-state index in [1.807, 2.05) is 0 Å². The van der Waals surface area contributed by atoms with Crippen molar-refractivity contribution in [1.82, 2.24) is 24.8 Å². The first kappa shape index (κ1) is 22.5. The van der Waals surface area contributed by atoms with Gasteiger partial charge in [-0.1, -0.05) is 0 Å². The Morgan fingerprint density at radius 3 is 2.52 bits per heavy atom. The van der Waals surface area contributed by atoms with Crippen molar-refractivity contribution in [2.75, 3.05) is 39.7 Å². The summed E-state index contributed by atoms with van der Waals surface area (Å²) < 4.78 is 12.1. The minimum Gasteiger partial charge on any atom is -0.495 e. The second-order valence-corrected chi connectivity index (χ2v) is 8.13. The first-order chi connectivity index (χ1) is 15.9. The molecule has 0 radical (unpaired) electrons. The highest BCUT2D eigenvalue weighted by molar-refractivity contribution is 5.95. The number of aryl methyl sites for hydroxylation is 1. The molecule has 174 valence electrons. The molecule has 1 aliphatic rings. The second kappa shape index (κ2) is 9.45. The molecule has 1 aromatic carbocycles. The van der Waals surface area contributed by atoms with Crippen molar-refractivity contribution in [1.29, 1.82) is 0 Å². The van der Waals surface area contributed by atoms with Gasteiger partial charge in [0, 0.05) is 24.7 Å². The first-order valence-corrected chi connectivity index (χ1v) is 10.7. The number of anilines is 2. The van der Waals surface area contributed by atoms with E-state index in [1.165, 1.54) is 11.7 Å². The summed E-state index contributed by atoms with van der Waals surface area (Å²) in [7, 11) is 6.72. The molecule has 4 rings (SSSR count). The summed E-state index contributed by atoms with van der Waals surface area (Å²) >= 11 is 0. The summed E-state index contributed by atoms with van der Waals surface area (Å²) in [4.78, 5) is 36.0. The Labute approximate surface area is 191 Å². The molecule has 3 heterocycles. The average molecular weight is 453 g/mol. The molecule has 0 unspecified atom stereocenters. The molecule has 0 atom stereocenters. The zero-order valence-corrected chi connectivity index (χ0v) is 19.2. The molecule has 3 aromatic rings. The third-order valence-corrected chi connectivity index (χ3v) is 5.93. The van der Waals surface area contributed by atoms with Gasteiger partial charge < -0.3 is 29.6 Å². The molecule has 1 saturated heterocycles. The van der Waals surface area contributed by atoms with Crippen molar-refractivity contribution in [2.45, 2.75) is 18.9 Å². The number of likely N-dealkylation sites (tertiary alicyclic amines) is 1. The third kappa shape index (κ3) is 4.75. The predicted octanol–water partition coefficient (Wildman–Crippen LogP) is 1.91. The first-order valence-electron chi connectivity index (χ1n) is 10.7. The Morgan fingerprint density at radius 2 is 1.82 bits per heavy atom. The van der Waals surface area contributed by atoms with Crippen LogP contribution in [0.3, 0.4) is 0 Å². The van der Waals surface area contributed by atoms with Crippen LogP contribution in [0.25, 0.3) is 11.0 Å². The second-order valence-electron chi connectivity index (χ2n) is 8.13. The lowest BCUT2D eigenvalue weighted by molar-refractivity contribution is 0.0916. The van der Waals surface area contributed by atoms with Crippen LogP contribution in [-0.4, -0.2) is 65.7 Å². The number of amides is 1. The molecule has 1 fully saturated rings. The van der Waals surface area contributed by atoms with Crippen LogP contribution in [0, 0.1) is 0 Å². The van der Waals surface area contributed by atoms with Gasteiger partial charge in [0.15, 0.2) is 5.75 Å². The number of nitrogens with zero attached hydrogens (tertiary/aromatic N) is 4. The number of pyridine rings is 1. The topological polar surface area (TPSA) is 111 Å². The average Bonchev–Trinajstić information content (AvgIpc) is 2.83. The van der Waals surface area contributed by atoms with Crippen molar-refractivity contribution in [3.8, 4) is 11.5 Å². The normalized spacial score (nSPS) is 14.8. The largest absolute Gasteiger partial charge is 0.495 e. The molecule has 1 aliphatic heterocycles. The number of aromatic nitrogens is 3. The molecule has 33 heavy (non-hydrogen) atoms. The van der Waals surface area contributed by atoms with E-state index in [0.717, 1.165) is 25.9 Å². The summed E-state index contributed by atoms with van der Waals surface area (Å²) in [6.45, 7) is 1.95. The van der Waals surface area contributed by atoms with Crippen LogP contribution in [0.1, 0.15) is 23.2 Å². The van der Waals surface area contributed by atoms with Crippen LogP contribution in [0.2, 0.25) is 0 Å². The lowest BCUT2D eigenvalue weighted by atomic mass is 10.0. The number of piperidine rings is 1. The number of benzene rings is 1. The van der Waals surface area contributed by atoms with Crippen molar-refractivity contribution >= 4 is 28.6 Å². The summed E-state index contributed by atoms with van der Waals surface area (Å²) in [6, 6.07) is 6.95. The van der Waals surface area contributed by atoms with E-state index < -0.39 is 0 Å². The van der Waals surface area contributed by atoms with E-state index in [0.29, 0.717) is 34.0 Å². The number of methoxy groups -OCH3 is 2. The number of hydrogen-bond acceptors (Lipinski definition) is 8. The van der Waals surface area contributed by atoms with Crippen LogP contribution in [0.15, 0.2) is 35.3 Å². The molecular formula is C23H28N6O4. The maximum atomic E-state index is 12.7. The Morgan fingerprint density at radius 1 is 1.09 bits per heavy atom. The van der Waals surface area contributed by atoms with Gasteiger partial charge >= 0.3 is 0 Å². The van der Waals surface area contributed by atoms with Gasteiger partial charge in [0.1, 0.15) is 5.75 Å². The molecule has 2 N–H and O–H groups in total. The summed E-state index contributed by atoms with van der Waals surface area (Å²) in [5.74, 6) is 0.898. The number of ether oxygens (including phenoxy) is 2. The van der Waals surface area contributed by atoms with Gasteiger partial charge in [0.05, 0.1) is 37.1 Å². The number of fused-ring (bicyclic) bond motifs is 1. The fraction of sp³-hybridized carbons (Fsp3) is 0.391. The Bertz CT molecular complexity index is 1230. The SMILES string of the molecule is COc1cc(C(=O)NC2CCN(C)CC2)ccc1Nc1ncc2c(cc(OC)c(=O)n2C)n1. The lowest BCUT2D eigenvalue weighted by Crippen LogP contribution is -2.43. The maximum absolute atomic E-state index is 12.7. The van der Waals surface area contributed by atoms with E-state index in [2.05, 4.69) is 32.5 Å². The van der Waals surface area contributed by atoms with E-state index in [9.17, 15) is 9.59 Å². The standard InChI is InChI=1S/C23H28N6O4/c1-28-9-7-15(8-10-28)25-21(30)14-5-6-16(19(11-14)32-3)26-23-24-13-18-17(27-23)12-20(33-4)22(31)29(18)2/h5-6,11-13,15H,7-10H2,1-4H3,(H,25,30)(H,24,26,27). The highest BCUT2D eigenvalue weighted by Crippen LogP contribution is 2.28. The van der Waals surface area contributed by atoms with Gasteiger partial charge in [0.25, 0.3) is 11.5 Å². The smallest absolute Gasteiger partial charge is 0.293 e. The van der Waals surface area contributed by atoms with E-state index in [1.54, 1.807) is 44.6 Å². The van der Waals surface area contributed by atoms with Gasteiger partial charge in [0.2, 0.25) is 5.95 Å². The lowest BCUT2D eigenvalue weighted by Gasteiger charge is -2.29.